The highest BCUT2D eigenvalue weighted by atomic mass is 16.5. The monoisotopic (exact) mass is 399 g/mol. The summed E-state index contributed by atoms with van der Waals surface area (Å²) in [6.45, 7) is 5.47. The Morgan fingerprint density at radius 2 is 2.03 bits per heavy atom. The fraction of sp³-hybridized carbons (Fsp3) is 0.545. The number of nitrogens with one attached hydrogen (secondary N) is 1. The van der Waals surface area contributed by atoms with Crippen LogP contribution in [0.3, 0.4) is 0 Å². The maximum atomic E-state index is 12.4. The summed E-state index contributed by atoms with van der Waals surface area (Å²) in [5.41, 5.74) is 0.267. The molecule has 0 unspecified atom stereocenters. The van der Waals surface area contributed by atoms with Gasteiger partial charge < -0.3 is 24.6 Å². The topological polar surface area (TPSA) is 87.8 Å². The highest BCUT2D eigenvalue weighted by molar-refractivity contribution is 5.92. The summed E-state index contributed by atoms with van der Waals surface area (Å²) in [6, 6.07) is 11.3. The molecule has 4 atom stereocenters. The normalized spacial score (nSPS) is 26.8. The number of rotatable bonds is 7. The molecule has 4 rings (SSSR count). The van der Waals surface area contributed by atoms with E-state index in [2.05, 4.69) is 15.4 Å². The van der Waals surface area contributed by atoms with E-state index >= 15 is 0 Å². The SMILES string of the molecule is Cc1cc(C(=O)N[C@H]2C[C@H]3CN(CCCOc4ccccc4)C[C@H]3C[C@@H]2O)no1. The molecule has 2 aromatic rings. The molecule has 29 heavy (non-hydrogen) atoms. The minimum Gasteiger partial charge on any atom is -0.494 e. The number of likely N-dealkylation sites (tertiary alicyclic amines) is 1. The van der Waals surface area contributed by atoms with Crippen molar-refractivity contribution in [3.05, 3.63) is 47.9 Å². The number of aliphatic hydroxyl groups excluding tert-OH is 1. The number of aryl methyl sites for hydroxylation is 1. The Morgan fingerprint density at radius 3 is 2.76 bits per heavy atom. The molecule has 2 aliphatic rings. The Kier molecular flexibility index (Phi) is 6.16. The maximum Gasteiger partial charge on any atom is 0.273 e. The molecule has 1 saturated heterocycles. The van der Waals surface area contributed by atoms with E-state index in [9.17, 15) is 9.90 Å². The number of amides is 1. The van der Waals surface area contributed by atoms with Gasteiger partial charge in [0.25, 0.3) is 5.91 Å². The standard InChI is InChI=1S/C22H29N3O4/c1-15-10-20(24-29-15)22(27)23-19-11-16-13-25(14-17(16)12-21(19)26)8-5-9-28-18-6-3-2-4-7-18/h2-4,6-7,10,16-17,19,21,26H,5,8-9,11-14H2,1H3,(H,23,27)/t16-,17+,19-,21-/m0/s1. The second-order valence-corrected chi connectivity index (χ2v) is 8.24. The lowest BCUT2D eigenvalue weighted by molar-refractivity contribution is 0.0458. The van der Waals surface area contributed by atoms with Crippen LogP contribution in [0.25, 0.3) is 0 Å². The van der Waals surface area contributed by atoms with Gasteiger partial charge in [-0.1, -0.05) is 23.4 Å². The van der Waals surface area contributed by atoms with Crippen LogP contribution in [0.1, 0.15) is 35.5 Å². The van der Waals surface area contributed by atoms with Crippen LogP contribution in [0.2, 0.25) is 0 Å². The third-order valence-corrected chi connectivity index (χ3v) is 6.03. The molecule has 1 aromatic heterocycles. The summed E-state index contributed by atoms with van der Waals surface area (Å²) in [7, 11) is 0. The second-order valence-electron chi connectivity index (χ2n) is 8.24. The van der Waals surface area contributed by atoms with Gasteiger partial charge in [-0.15, -0.1) is 0 Å². The molecule has 1 aliphatic carbocycles. The molecule has 0 bridgehead atoms. The number of para-hydroxylation sites is 1. The smallest absolute Gasteiger partial charge is 0.273 e. The van der Waals surface area contributed by atoms with E-state index in [-0.39, 0.29) is 17.6 Å². The first-order chi connectivity index (χ1) is 14.1. The number of ether oxygens (including phenoxy) is 1. The van der Waals surface area contributed by atoms with Crippen LogP contribution in [0.5, 0.6) is 5.75 Å². The van der Waals surface area contributed by atoms with Gasteiger partial charge >= 0.3 is 0 Å². The van der Waals surface area contributed by atoms with Gasteiger partial charge in [0.1, 0.15) is 11.5 Å². The van der Waals surface area contributed by atoms with Gasteiger partial charge in [-0.05, 0) is 50.2 Å². The lowest BCUT2D eigenvalue weighted by atomic mass is 9.77. The fourth-order valence-electron chi connectivity index (χ4n) is 4.58. The lowest BCUT2D eigenvalue weighted by Crippen LogP contribution is -2.49. The zero-order valence-corrected chi connectivity index (χ0v) is 16.8. The Hall–Kier alpha value is -2.38. The molecule has 1 amide bonds. The van der Waals surface area contributed by atoms with Crippen LogP contribution in [0.15, 0.2) is 40.9 Å². The summed E-state index contributed by atoms with van der Waals surface area (Å²) in [5, 5.41) is 17.3. The predicted molar refractivity (Wildman–Crippen MR) is 108 cm³/mol. The zero-order valence-electron chi connectivity index (χ0n) is 16.8. The zero-order chi connectivity index (χ0) is 20.2. The van der Waals surface area contributed by atoms with Gasteiger partial charge in [0.15, 0.2) is 5.69 Å². The molecule has 7 nitrogen and oxygen atoms in total. The first-order valence-corrected chi connectivity index (χ1v) is 10.4. The highest BCUT2D eigenvalue weighted by Gasteiger charge is 2.42. The molecular weight excluding hydrogens is 370 g/mol. The number of aromatic nitrogens is 1. The molecule has 0 radical (unpaired) electrons. The van der Waals surface area contributed by atoms with Crippen molar-refractivity contribution in [3.63, 3.8) is 0 Å². The maximum absolute atomic E-state index is 12.4. The molecule has 0 spiro atoms. The van der Waals surface area contributed by atoms with E-state index in [0.29, 0.717) is 24.2 Å². The number of carbonyl (C=O) groups excluding carboxylic acids is 1. The summed E-state index contributed by atoms with van der Waals surface area (Å²) in [6.07, 6.45) is 1.98. The molecule has 1 saturated carbocycles. The van der Waals surface area contributed by atoms with Crippen LogP contribution in [0.4, 0.5) is 0 Å². The number of hydrogen-bond acceptors (Lipinski definition) is 6. The number of nitrogens with zero attached hydrogens (tertiary/aromatic N) is 2. The number of aliphatic hydroxyl groups is 1. The molecular formula is C22H29N3O4. The minimum atomic E-state index is -0.519. The predicted octanol–water partition coefficient (Wildman–Crippen LogP) is 2.25. The molecule has 2 fully saturated rings. The van der Waals surface area contributed by atoms with Crippen molar-refractivity contribution in [2.24, 2.45) is 11.8 Å². The largest absolute Gasteiger partial charge is 0.494 e. The third-order valence-electron chi connectivity index (χ3n) is 6.03. The minimum absolute atomic E-state index is 0.234. The van der Waals surface area contributed by atoms with Gasteiger partial charge in [-0.25, -0.2) is 0 Å². The van der Waals surface area contributed by atoms with Crippen LogP contribution in [-0.2, 0) is 0 Å². The Bertz CT molecular complexity index is 809. The van der Waals surface area contributed by atoms with Crippen molar-refractivity contribution in [1.82, 2.24) is 15.4 Å². The van der Waals surface area contributed by atoms with Crippen LogP contribution in [0, 0.1) is 18.8 Å². The summed E-state index contributed by atoms with van der Waals surface area (Å²) in [4.78, 5) is 14.8. The summed E-state index contributed by atoms with van der Waals surface area (Å²) >= 11 is 0. The van der Waals surface area contributed by atoms with Gasteiger partial charge in [0, 0.05) is 25.7 Å². The quantitative estimate of drug-likeness (QED) is 0.695. The van der Waals surface area contributed by atoms with Gasteiger partial charge in [-0.3, -0.25) is 4.79 Å². The molecule has 7 heteroatoms. The third kappa shape index (κ3) is 4.97. The number of benzene rings is 1. The Morgan fingerprint density at radius 1 is 1.28 bits per heavy atom. The van der Waals surface area contributed by atoms with E-state index in [1.165, 1.54) is 0 Å². The van der Waals surface area contributed by atoms with E-state index in [0.717, 1.165) is 44.6 Å². The van der Waals surface area contributed by atoms with E-state index in [1.807, 2.05) is 30.3 Å². The number of fused-ring (bicyclic) bond motifs is 1. The van der Waals surface area contributed by atoms with Crippen molar-refractivity contribution in [1.29, 1.82) is 0 Å². The second kappa shape index (κ2) is 8.97. The molecule has 156 valence electrons. The number of carbonyl (C=O) groups is 1. The van der Waals surface area contributed by atoms with Crippen molar-refractivity contribution < 1.29 is 19.2 Å². The molecule has 2 N–H and O–H groups in total. The molecule has 1 aliphatic heterocycles. The molecule has 1 aromatic carbocycles. The van der Waals surface area contributed by atoms with Crippen LogP contribution in [-0.4, -0.2) is 59.5 Å². The Balaban J connectivity index is 1.22. The first kappa shape index (κ1) is 19.9. The van der Waals surface area contributed by atoms with Crippen LogP contribution < -0.4 is 10.1 Å². The van der Waals surface area contributed by atoms with Crippen LogP contribution >= 0.6 is 0 Å². The van der Waals surface area contributed by atoms with E-state index in [1.54, 1.807) is 13.0 Å². The van der Waals surface area contributed by atoms with Gasteiger partial charge in [0.2, 0.25) is 0 Å². The fourth-order valence-corrected chi connectivity index (χ4v) is 4.58. The molecule has 2 heterocycles. The Labute approximate surface area is 171 Å². The first-order valence-electron chi connectivity index (χ1n) is 10.4. The van der Waals surface area contributed by atoms with Crippen molar-refractivity contribution >= 4 is 5.91 Å². The van der Waals surface area contributed by atoms with E-state index in [4.69, 9.17) is 9.26 Å². The average molecular weight is 399 g/mol. The summed E-state index contributed by atoms with van der Waals surface area (Å²) in [5.74, 6) is 2.21. The van der Waals surface area contributed by atoms with Gasteiger partial charge in [0.05, 0.1) is 18.8 Å². The highest BCUT2D eigenvalue weighted by Crippen LogP contribution is 2.36. The average Bonchev–Trinajstić information content (AvgIpc) is 3.32. The summed E-state index contributed by atoms with van der Waals surface area (Å²) < 4.78 is 10.7. The lowest BCUT2D eigenvalue weighted by Gasteiger charge is -2.35. The van der Waals surface area contributed by atoms with Crippen molar-refractivity contribution in [2.75, 3.05) is 26.2 Å². The number of hydrogen-bond donors (Lipinski definition) is 2. The van der Waals surface area contributed by atoms with E-state index < -0.39 is 6.10 Å². The van der Waals surface area contributed by atoms with Crippen molar-refractivity contribution in [2.45, 2.75) is 38.3 Å². The van der Waals surface area contributed by atoms with Gasteiger partial charge in [-0.2, -0.15) is 0 Å². The van der Waals surface area contributed by atoms with Crippen molar-refractivity contribution in [3.8, 4) is 5.75 Å².